The summed E-state index contributed by atoms with van der Waals surface area (Å²) in [5.74, 6) is 2.78. The van der Waals surface area contributed by atoms with Gasteiger partial charge in [0, 0.05) is 30.2 Å². The number of hydrogen-bond acceptors (Lipinski definition) is 2. The van der Waals surface area contributed by atoms with E-state index in [1.807, 2.05) is 0 Å². The van der Waals surface area contributed by atoms with E-state index in [-0.39, 0.29) is 0 Å². The Hall–Kier alpha value is -1.97. The topological polar surface area (TPSA) is 34.5 Å². The van der Waals surface area contributed by atoms with Crippen LogP contribution in [0.4, 0.5) is 0 Å². The van der Waals surface area contributed by atoms with Crippen LogP contribution in [0.2, 0.25) is 0 Å². The van der Waals surface area contributed by atoms with Gasteiger partial charge in [-0.15, -0.1) is 0 Å². The molecule has 2 aromatic rings. The zero-order valence-corrected chi connectivity index (χ0v) is 17.1. The van der Waals surface area contributed by atoms with Crippen molar-refractivity contribution in [2.75, 3.05) is 20.2 Å². The Morgan fingerprint density at radius 3 is 2.75 bits per heavy atom. The first-order valence-electron chi connectivity index (χ1n) is 11.2. The van der Waals surface area contributed by atoms with Gasteiger partial charge in [-0.2, -0.15) is 0 Å². The summed E-state index contributed by atoms with van der Waals surface area (Å²) in [6.07, 6.45) is 11.3. The molecule has 5 rings (SSSR count). The summed E-state index contributed by atoms with van der Waals surface area (Å²) in [5, 5.41) is 1.31. The number of fused-ring (bicyclic) bond motifs is 4. The monoisotopic (exact) mass is 380 g/mol. The minimum atomic E-state index is 0.303. The number of nitrogens with zero attached hydrogens (tertiary/aromatic N) is 2. The van der Waals surface area contributed by atoms with Crippen molar-refractivity contribution in [1.29, 1.82) is 0 Å². The molecule has 0 radical (unpaired) electrons. The molecule has 1 amide bonds. The molecule has 2 atom stereocenters. The predicted octanol–water partition coefficient (Wildman–Crippen LogP) is 4.57. The Morgan fingerprint density at radius 1 is 1.07 bits per heavy atom. The second kappa shape index (κ2) is 7.46. The quantitative estimate of drug-likeness (QED) is 0.782. The molecule has 1 aromatic carbocycles. The third-order valence-electron chi connectivity index (χ3n) is 7.52. The summed E-state index contributed by atoms with van der Waals surface area (Å²) in [5.41, 5.74) is 4.02. The highest BCUT2D eigenvalue weighted by molar-refractivity contribution is 5.89. The van der Waals surface area contributed by atoms with E-state index in [1.165, 1.54) is 67.1 Å². The van der Waals surface area contributed by atoms with E-state index in [1.54, 1.807) is 7.11 Å². The minimum absolute atomic E-state index is 0.303. The molecule has 0 unspecified atom stereocenters. The number of carbonyl (C=O) groups is 1. The van der Waals surface area contributed by atoms with Crippen LogP contribution in [0.5, 0.6) is 5.75 Å². The van der Waals surface area contributed by atoms with Gasteiger partial charge in [-0.3, -0.25) is 4.79 Å². The number of aryl methyl sites for hydroxylation is 1. The molecule has 0 N–H and O–H groups in total. The Balaban J connectivity index is 1.43. The van der Waals surface area contributed by atoms with Gasteiger partial charge in [0.15, 0.2) is 0 Å². The zero-order chi connectivity index (χ0) is 19.1. The average molecular weight is 381 g/mol. The maximum Gasteiger partial charge on any atom is 0.242 e. The van der Waals surface area contributed by atoms with Crippen molar-refractivity contribution in [1.82, 2.24) is 9.47 Å². The smallest absolute Gasteiger partial charge is 0.242 e. The summed E-state index contributed by atoms with van der Waals surface area (Å²) in [4.78, 5) is 15.5. The SMILES string of the molecule is COc1ccc2c3c(n(CC(=O)N4CC[C@H]5CCCC[C@@H]5C4)c2c1)CCCC3. The lowest BCUT2D eigenvalue weighted by molar-refractivity contribution is -0.134. The van der Waals surface area contributed by atoms with Crippen LogP contribution in [-0.4, -0.2) is 35.6 Å². The highest BCUT2D eigenvalue weighted by Crippen LogP contribution is 2.37. The summed E-state index contributed by atoms with van der Waals surface area (Å²) >= 11 is 0. The molecule has 2 heterocycles. The number of piperidine rings is 1. The van der Waals surface area contributed by atoms with Crippen LogP contribution < -0.4 is 4.74 Å². The van der Waals surface area contributed by atoms with E-state index in [4.69, 9.17) is 4.74 Å². The molecular formula is C24H32N2O2. The molecule has 3 aliphatic rings. The molecule has 2 aliphatic carbocycles. The van der Waals surface area contributed by atoms with Gasteiger partial charge in [-0.25, -0.2) is 0 Å². The van der Waals surface area contributed by atoms with E-state index in [0.717, 1.165) is 43.5 Å². The van der Waals surface area contributed by atoms with Crippen molar-refractivity contribution in [2.24, 2.45) is 11.8 Å². The zero-order valence-electron chi connectivity index (χ0n) is 17.1. The van der Waals surface area contributed by atoms with Crippen LogP contribution in [0.1, 0.15) is 56.2 Å². The summed E-state index contributed by atoms with van der Waals surface area (Å²) < 4.78 is 7.79. The van der Waals surface area contributed by atoms with Crippen LogP contribution in [0.3, 0.4) is 0 Å². The van der Waals surface area contributed by atoms with Gasteiger partial charge < -0.3 is 14.2 Å². The number of hydrogen-bond donors (Lipinski definition) is 0. The molecule has 1 saturated carbocycles. The fourth-order valence-corrected chi connectivity index (χ4v) is 5.98. The van der Waals surface area contributed by atoms with Crippen molar-refractivity contribution in [2.45, 2.75) is 64.3 Å². The maximum absolute atomic E-state index is 13.3. The predicted molar refractivity (Wildman–Crippen MR) is 112 cm³/mol. The summed E-state index contributed by atoms with van der Waals surface area (Å²) in [6.45, 7) is 2.41. The molecule has 0 bridgehead atoms. The second-order valence-corrected chi connectivity index (χ2v) is 9.03. The van der Waals surface area contributed by atoms with Gasteiger partial charge in [0.05, 0.1) is 12.6 Å². The van der Waals surface area contributed by atoms with Gasteiger partial charge in [-0.05, 0) is 68.1 Å². The molecule has 0 spiro atoms. The largest absolute Gasteiger partial charge is 0.497 e. The van der Waals surface area contributed by atoms with Gasteiger partial charge in [-0.1, -0.05) is 19.3 Å². The number of carbonyl (C=O) groups excluding carboxylic acids is 1. The van der Waals surface area contributed by atoms with Crippen LogP contribution in [0.25, 0.3) is 10.9 Å². The molecule has 28 heavy (non-hydrogen) atoms. The van der Waals surface area contributed by atoms with Crippen LogP contribution in [0, 0.1) is 11.8 Å². The van der Waals surface area contributed by atoms with E-state index < -0.39 is 0 Å². The fourth-order valence-electron chi connectivity index (χ4n) is 5.98. The minimum Gasteiger partial charge on any atom is -0.497 e. The van der Waals surface area contributed by atoms with Crippen LogP contribution in [-0.2, 0) is 24.2 Å². The molecule has 150 valence electrons. The van der Waals surface area contributed by atoms with Gasteiger partial charge in [0.2, 0.25) is 5.91 Å². The van der Waals surface area contributed by atoms with Crippen molar-refractivity contribution in [3.05, 3.63) is 29.5 Å². The number of likely N-dealkylation sites (tertiary alicyclic amines) is 1. The third-order valence-corrected chi connectivity index (χ3v) is 7.52. The van der Waals surface area contributed by atoms with Gasteiger partial charge in [0.25, 0.3) is 0 Å². The molecule has 4 nitrogen and oxygen atoms in total. The van der Waals surface area contributed by atoms with Crippen molar-refractivity contribution >= 4 is 16.8 Å². The Kier molecular flexibility index (Phi) is 4.82. The summed E-state index contributed by atoms with van der Waals surface area (Å²) in [7, 11) is 1.72. The number of ether oxygens (including phenoxy) is 1. The van der Waals surface area contributed by atoms with Crippen LogP contribution >= 0.6 is 0 Å². The number of methoxy groups -OCH3 is 1. The third kappa shape index (κ3) is 3.11. The first-order chi connectivity index (χ1) is 13.7. The normalized spacial score (nSPS) is 24.7. The lowest BCUT2D eigenvalue weighted by atomic mass is 9.75. The lowest BCUT2D eigenvalue weighted by Gasteiger charge is -2.41. The molecule has 2 fully saturated rings. The van der Waals surface area contributed by atoms with Crippen LogP contribution in [0.15, 0.2) is 18.2 Å². The number of aromatic nitrogens is 1. The molecular weight excluding hydrogens is 348 g/mol. The number of benzene rings is 1. The second-order valence-electron chi connectivity index (χ2n) is 9.03. The maximum atomic E-state index is 13.3. The molecule has 1 saturated heterocycles. The van der Waals surface area contributed by atoms with E-state index in [2.05, 4.69) is 27.7 Å². The number of rotatable bonds is 3. The van der Waals surface area contributed by atoms with Gasteiger partial charge in [0.1, 0.15) is 12.3 Å². The van der Waals surface area contributed by atoms with Crippen molar-refractivity contribution < 1.29 is 9.53 Å². The fraction of sp³-hybridized carbons (Fsp3) is 0.625. The Bertz CT molecular complexity index is 884. The highest BCUT2D eigenvalue weighted by atomic mass is 16.5. The van der Waals surface area contributed by atoms with E-state index in [0.29, 0.717) is 12.5 Å². The first kappa shape index (κ1) is 18.1. The average Bonchev–Trinajstić information content (AvgIpc) is 3.06. The standard InChI is InChI=1S/C24H32N2O2/c1-28-19-10-11-21-20-8-4-5-9-22(20)26(23(21)14-19)16-24(27)25-13-12-17-6-2-3-7-18(17)15-25/h10-11,14,17-18H,2-9,12-13,15-16H2,1H3/t17-,18-/m1/s1. The van der Waals surface area contributed by atoms with E-state index >= 15 is 0 Å². The molecule has 4 heteroatoms. The summed E-state index contributed by atoms with van der Waals surface area (Å²) in [6, 6.07) is 6.36. The Morgan fingerprint density at radius 2 is 1.89 bits per heavy atom. The number of amides is 1. The lowest BCUT2D eigenvalue weighted by Crippen LogP contribution is -2.46. The molecule has 1 aliphatic heterocycles. The Labute approximate surface area is 167 Å². The van der Waals surface area contributed by atoms with Gasteiger partial charge >= 0.3 is 0 Å². The highest BCUT2D eigenvalue weighted by Gasteiger charge is 2.33. The van der Waals surface area contributed by atoms with Crippen molar-refractivity contribution in [3.63, 3.8) is 0 Å². The molecule has 1 aromatic heterocycles. The van der Waals surface area contributed by atoms with E-state index in [9.17, 15) is 4.79 Å². The van der Waals surface area contributed by atoms with Crippen molar-refractivity contribution in [3.8, 4) is 5.75 Å². The first-order valence-corrected chi connectivity index (χ1v) is 11.2.